The van der Waals surface area contributed by atoms with Crippen molar-refractivity contribution in [1.82, 2.24) is 14.6 Å². The molecule has 0 spiro atoms. The molecule has 0 aliphatic carbocycles. The first-order valence-corrected chi connectivity index (χ1v) is 11.9. The number of aromatic nitrogens is 3. The lowest BCUT2D eigenvalue weighted by molar-refractivity contribution is 0.596. The topological polar surface area (TPSA) is 103 Å². The number of nitrogens with two attached hydrogens (primary N) is 1. The molecule has 0 fully saturated rings. The Balaban J connectivity index is 1.81. The first-order valence-electron chi connectivity index (χ1n) is 10.4. The average Bonchev–Trinajstić information content (AvgIpc) is 3.09. The highest BCUT2D eigenvalue weighted by Gasteiger charge is 2.31. The van der Waals surface area contributed by atoms with E-state index in [1.807, 2.05) is 19.1 Å². The number of rotatable bonds is 4. The van der Waals surface area contributed by atoms with Crippen LogP contribution in [0.4, 0.5) is 10.2 Å². The number of fused-ring (bicyclic) bond motifs is 2. The molecule has 0 saturated carbocycles. The summed E-state index contributed by atoms with van der Waals surface area (Å²) in [5.41, 5.74) is 9.86. The molecule has 5 rings (SSSR count). The number of anilines is 1. The van der Waals surface area contributed by atoms with E-state index in [1.54, 1.807) is 49.4 Å². The molecule has 9 heteroatoms. The molecule has 7 nitrogen and oxygen atoms in total. The summed E-state index contributed by atoms with van der Waals surface area (Å²) in [6.07, 6.45) is 1.46. The van der Waals surface area contributed by atoms with E-state index in [2.05, 4.69) is 15.1 Å². The van der Waals surface area contributed by atoms with Gasteiger partial charge in [-0.2, -0.15) is 9.78 Å². The van der Waals surface area contributed by atoms with Crippen molar-refractivity contribution in [3.8, 4) is 0 Å². The largest absolute Gasteiger partial charge is 0.382 e. The summed E-state index contributed by atoms with van der Waals surface area (Å²) in [6.45, 7) is 3.56. The van der Waals surface area contributed by atoms with Crippen LogP contribution in [0.25, 0.3) is 22.2 Å². The molecule has 5 aromatic rings. The number of hydrogen-bond acceptors (Lipinski definition) is 6. The van der Waals surface area contributed by atoms with Gasteiger partial charge in [0.2, 0.25) is 9.84 Å². The van der Waals surface area contributed by atoms with Crippen LogP contribution in [0.15, 0.2) is 81.6 Å². The van der Waals surface area contributed by atoms with Crippen LogP contribution in [-0.4, -0.2) is 29.3 Å². The highest BCUT2D eigenvalue weighted by atomic mass is 32.2. The van der Waals surface area contributed by atoms with Crippen LogP contribution in [0.3, 0.4) is 0 Å². The average molecular weight is 474 g/mol. The molecular weight excluding hydrogens is 453 g/mol. The van der Waals surface area contributed by atoms with Gasteiger partial charge in [-0.15, -0.1) is 0 Å². The van der Waals surface area contributed by atoms with Gasteiger partial charge in [0.15, 0.2) is 5.65 Å². The summed E-state index contributed by atoms with van der Waals surface area (Å²) >= 11 is 0. The SMILES string of the molecule is Cc1ccc(C)c(S(=O)(=O)c2c(N)n(/N=C/c3ccc(F)cc3)c3nc4ccccc4nc23)c1. The van der Waals surface area contributed by atoms with E-state index in [0.717, 1.165) is 5.56 Å². The molecule has 34 heavy (non-hydrogen) atoms. The Morgan fingerprint density at radius 1 is 0.971 bits per heavy atom. The number of aryl methyl sites for hydroxylation is 2. The van der Waals surface area contributed by atoms with E-state index >= 15 is 0 Å². The van der Waals surface area contributed by atoms with Crippen LogP contribution in [0, 0.1) is 19.7 Å². The maximum Gasteiger partial charge on any atom is 0.212 e. The van der Waals surface area contributed by atoms with Crippen molar-refractivity contribution >= 4 is 44.1 Å². The Morgan fingerprint density at radius 3 is 2.35 bits per heavy atom. The molecule has 170 valence electrons. The van der Waals surface area contributed by atoms with Crippen LogP contribution >= 0.6 is 0 Å². The highest BCUT2D eigenvalue weighted by Crippen LogP contribution is 2.36. The maximum absolute atomic E-state index is 13.8. The Bertz CT molecular complexity index is 1710. The number of nitrogens with zero attached hydrogens (tertiary/aromatic N) is 4. The molecule has 0 unspecified atom stereocenters. The predicted octanol–water partition coefficient (Wildman–Crippen LogP) is 4.64. The van der Waals surface area contributed by atoms with Gasteiger partial charge in [0.1, 0.15) is 22.0 Å². The smallest absolute Gasteiger partial charge is 0.212 e. The van der Waals surface area contributed by atoms with Crippen molar-refractivity contribution < 1.29 is 12.8 Å². The Morgan fingerprint density at radius 2 is 1.65 bits per heavy atom. The quantitative estimate of drug-likeness (QED) is 0.383. The van der Waals surface area contributed by atoms with Crippen molar-refractivity contribution in [3.05, 3.63) is 89.2 Å². The zero-order chi connectivity index (χ0) is 24.0. The van der Waals surface area contributed by atoms with Crippen molar-refractivity contribution in [1.29, 1.82) is 0 Å². The number of para-hydroxylation sites is 2. The van der Waals surface area contributed by atoms with Crippen LogP contribution in [0.5, 0.6) is 0 Å². The minimum absolute atomic E-state index is 0.107. The van der Waals surface area contributed by atoms with Crippen molar-refractivity contribution in [3.63, 3.8) is 0 Å². The van der Waals surface area contributed by atoms with Crippen molar-refractivity contribution in [2.75, 3.05) is 5.73 Å². The van der Waals surface area contributed by atoms with Crippen molar-refractivity contribution in [2.45, 2.75) is 23.6 Å². The van der Waals surface area contributed by atoms with Gasteiger partial charge < -0.3 is 5.73 Å². The van der Waals surface area contributed by atoms with Gasteiger partial charge in [-0.1, -0.05) is 36.4 Å². The Kier molecular flexibility index (Phi) is 5.13. The number of nitrogen functional groups attached to an aromatic ring is 1. The summed E-state index contributed by atoms with van der Waals surface area (Å²) < 4.78 is 42.2. The van der Waals surface area contributed by atoms with Crippen molar-refractivity contribution in [2.24, 2.45) is 5.10 Å². The molecule has 2 aromatic heterocycles. The first-order chi connectivity index (χ1) is 16.3. The summed E-state index contributed by atoms with van der Waals surface area (Å²) in [4.78, 5) is 9.22. The van der Waals surface area contributed by atoms with Gasteiger partial charge in [0.25, 0.3) is 0 Å². The number of benzene rings is 3. The minimum atomic E-state index is -4.06. The zero-order valence-corrected chi connectivity index (χ0v) is 19.2. The van der Waals surface area contributed by atoms with Crippen LogP contribution in [-0.2, 0) is 9.84 Å². The molecular formula is C25H20FN5O2S. The van der Waals surface area contributed by atoms with E-state index < -0.39 is 9.84 Å². The molecule has 0 amide bonds. The zero-order valence-electron chi connectivity index (χ0n) is 18.4. The molecule has 0 aliphatic rings. The molecule has 0 aliphatic heterocycles. The van der Waals surface area contributed by atoms with E-state index in [0.29, 0.717) is 22.2 Å². The normalized spacial score (nSPS) is 12.2. The summed E-state index contributed by atoms with van der Waals surface area (Å²) in [7, 11) is -4.06. The predicted molar refractivity (Wildman–Crippen MR) is 130 cm³/mol. The fourth-order valence-corrected chi connectivity index (χ4v) is 5.59. The summed E-state index contributed by atoms with van der Waals surface area (Å²) in [5, 5.41) is 4.39. The third-order valence-corrected chi connectivity index (χ3v) is 7.48. The lowest BCUT2D eigenvalue weighted by Gasteiger charge is -2.09. The molecule has 2 N–H and O–H groups in total. The highest BCUT2D eigenvalue weighted by molar-refractivity contribution is 7.92. The van der Waals surface area contributed by atoms with Gasteiger partial charge >= 0.3 is 0 Å². The van der Waals surface area contributed by atoms with Crippen LogP contribution in [0.2, 0.25) is 0 Å². The lowest BCUT2D eigenvalue weighted by atomic mass is 10.2. The molecule has 2 heterocycles. The number of halogens is 1. The summed E-state index contributed by atoms with van der Waals surface area (Å²) in [6, 6.07) is 18.1. The minimum Gasteiger partial charge on any atom is -0.382 e. The van der Waals surface area contributed by atoms with E-state index in [1.165, 1.54) is 23.0 Å². The second kappa shape index (κ2) is 8.03. The monoisotopic (exact) mass is 473 g/mol. The molecule has 3 aromatic carbocycles. The fraction of sp³-hybridized carbons (Fsp3) is 0.0800. The molecule has 0 bridgehead atoms. The molecule has 0 saturated heterocycles. The fourth-order valence-electron chi connectivity index (χ4n) is 3.78. The van der Waals surface area contributed by atoms with Crippen LogP contribution in [0.1, 0.15) is 16.7 Å². The lowest BCUT2D eigenvalue weighted by Crippen LogP contribution is -2.08. The number of hydrogen-bond donors (Lipinski definition) is 1. The third-order valence-electron chi connectivity index (χ3n) is 5.52. The van der Waals surface area contributed by atoms with Gasteiger partial charge in [0, 0.05) is 0 Å². The van der Waals surface area contributed by atoms with E-state index in [4.69, 9.17) is 5.73 Å². The van der Waals surface area contributed by atoms with Gasteiger partial charge in [-0.25, -0.2) is 22.8 Å². The second-order valence-electron chi connectivity index (χ2n) is 7.98. The van der Waals surface area contributed by atoms with E-state index in [-0.39, 0.29) is 32.6 Å². The van der Waals surface area contributed by atoms with Crippen LogP contribution < -0.4 is 5.73 Å². The first kappa shape index (κ1) is 21.7. The third kappa shape index (κ3) is 3.60. The second-order valence-corrected chi connectivity index (χ2v) is 9.83. The van der Waals surface area contributed by atoms with Gasteiger partial charge in [-0.3, -0.25) is 0 Å². The van der Waals surface area contributed by atoms with E-state index in [9.17, 15) is 12.8 Å². The standard InChI is InChI=1S/C25H20FN5O2S/c1-15-7-8-16(2)21(13-15)34(32,33)23-22-25(30-20-6-4-3-5-19(20)29-22)31(24(23)27)28-14-17-9-11-18(26)12-10-17/h3-14H,27H2,1-2H3/b28-14+. The molecule has 0 atom stereocenters. The number of sulfone groups is 1. The molecule has 0 radical (unpaired) electrons. The Hall–Kier alpha value is -4.11. The van der Waals surface area contributed by atoms with Gasteiger partial charge in [0.05, 0.1) is 22.1 Å². The summed E-state index contributed by atoms with van der Waals surface area (Å²) in [5.74, 6) is -0.480. The Labute approximate surface area is 195 Å². The van der Waals surface area contributed by atoms with Gasteiger partial charge in [-0.05, 0) is 60.9 Å². The maximum atomic E-state index is 13.8.